The van der Waals surface area contributed by atoms with Gasteiger partial charge in [-0.2, -0.15) is 5.10 Å². The number of benzene rings is 2. The highest BCUT2D eigenvalue weighted by Crippen LogP contribution is 2.40. The second-order valence-corrected chi connectivity index (χ2v) is 12.0. The molecule has 7 rings (SSSR count). The lowest BCUT2D eigenvalue weighted by molar-refractivity contribution is -0.118. The number of aromatic nitrogens is 5. The topological polar surface area (TPSA) is 80.9 Å². The summed E-state index contributed by atoms with van der Waals surface area (Å²) in [4.78, 5) is 25.0. The van der Waals surface area contributed by atoms with E-state index in [1.807, 2.05) is 11.4 Å². The Balaban J connectivity index is 0.00000302. The molecular formula is C29H28Cl3N7OS. The van der Waals surface area contributed by atoms with E-state index < -0.39 is 6.04 Å². The van der Waals surface area contributed by atoms with Crippen molar-refractivity contribution in [2.75, 3.05) is 23.3 Å². The predicted octanol–water partition coefficient (Wildman–Crippen LogP) is 7.25. The monoisotopic (exact) mass is 627 g/mol. The number of nitrogens with one attached hydrogen (secondary N) is 1. The van der Waals surface area contributed by atoms with Crippen LogP contribution in [0, 0.1) is 0 Å². The Morgan fingerprint density at radius 2 is 1.83 bits per heavy atom. The molecule has 5 heterocycles. The minimum Gasteiger partial charge on any atom is -0.372 e. The maximum Gasteiger partial charge on any atom is 0.257 e. The Labute approximate surface area is 257 Å². The fraction of sp³-hybridized carbons (Fsp3) is 0.310. The van der Waals surface area contributed by atoms with E-state index in [2.05, 4.69) is 49.0 Å². The van der Waals surface area contributed by atoms with E-state index >= 15 is 0 Å². The smallest absolute Gasteiger partial charge is 0.257 e. The molecule has 1 fully saturated rings. The molecule has 2 aromatic carbocycles. The number of nitrogens with zero attached hydrogens (tertiary/aromatic N) is 6. The number of anilines is 2. The second kappa shape index (κ2) is 11.6. The lowest BCUT2D eigenvalue weighted by Gasteiger charge is -2.28. The summed E-state index contributed by atoms with van der Waals surface area (Å²) in [6, 6.07) is 9.54. The molecule has 0 radical (unpaired) electrons. The maximum atomic E-state index is 13.7. The van der Waals surface area contributed by atoms with Crippen molar-refractivity contribution in [1.82, 2.24) is 24.3 Å². The highest BCUT2D eigenvalue weighted by molar-refractivity contribution is 7.13. The van der Waals surface area contributed by atoms with E-state index in [0.717, 1.165) is 49.3 Å². The van der Waals surface area contributed by atoms with Crippen LogP contribution in [0.3, 0.4) is 0 Å². The van der Waals surface area contributed by atoms with E-state index in [-0.39, 0.29) is 18.3 Å². The first-order chi connectivity index (χ1) is 19.6. The quantitative estimate of drug-likeness (QED) is 0.214. The Morgan fingerprint density at radius 1 is 1.02 bits per heavy atom. The Morgan fingerprint density at radius 3 is 2.59 bits per heavy atom. The second-order valence-electron chi connectivity index (χ2n) is 10.3. The number of piperidine rings is 1. The number of carbonyl (C=O) groups excluding carboxylic acids is 1. The van der Waals surface area contributed by atoms with Gasteiger partial charge in [0.1, 0.15) is 5.52 Å². The number of halogens is 3. The number of carbonyl (C=O) groups is 1. The molecule has 12 heteroatoms. The van der Waals surface area contributed by atoms with E-state index in [4.69, 9.17) is 28.3 Å². The highest BCUT2D eigenvalue weighted by atomic mass is 35.5. The Bertz CT molecular complexity index is 1690. The zero-order valence-corrected chi connectivity index (χ0v) is 25.2. The zero-order chi connectivity index (χ0) is 27.2. The van der Waals surface area contributed by atoms with Gasteiger partial charge in [-0.05, 0) is 55.9 Å². The molecule has 0 spiro atoms. The third kappa shape index (κ3) is 5.20. The molecule has 1 unspecified atom stereocenters. The summed E-state index contributed by atoms with van der Waals surface area (Å²) in [5.74, 6) is -0.267. The molecule has 3 aromatic heterocycles. The molecule has 1 amide bonds. The standard InChI is InChI=1S/C29H27Cl2N7OS.ClH/c30-22-15-20(18-6-8-19(9-7-18)36-11-2-1-3-12-36)24(31)25-21(22)16-38(35-25)27(28(39)34-29-32-10-14-40-29)26-23-5-4-13-37(23)17-33-26;/h6-10,14-17,27H,1-5,11-13H2,(H,32,34,39);1H. The molecule has 0 bridgehead atoms. The van der Waals surface area contributed by atoms with Crippen LogP contribution in [0.1, 0.15) is 43.1 Å². The first-order valence-corrected chi connectivity index (χ1v) is 15.2. The molecule has 8 nitrogen and oxygen atoms in total. The van der Waals surface area contributed by atoms with Gasteiger partial charge in [0.05, 0.1) is 22.1 Å². The van der Waals surface area contributed by atoms with Gasteiger partial charge in [-0.15, -0.1) is 23.7 Å². The molecule has 2 aliphatic rings. The Hall–Kier alpha value is -3.11. The van der Waals surface area contributed by atoms with E-state index in [1.54, 1.807) is 23.4 Å². The summed E-state index contributed by atoms with van der Waals surface area (Å²) in [5, 5.41) is 11.8. The highest BCUT2D eigenvalue weighted by Gasteiger charge is 2.32. The first kappa shape index (κ1) is 28.0. The summed E-state index contributed by atoms with van der Waals surface area (Å²) >= 11 is 15.2. The van der Waals surface area contributed by atoms with Crippen molar-refractivity contribution in [1.29, 1.82) is 0 Å². The number of imidazole rings is 1. The lowest BCUT2D eigenvalue weighted by atomic mass is 10.0. The van der Waals surface area contributed by atoms with Gasteiger partial charge in [-0.3, -0.25) is 14.8 Å². The summed E-state index contributed by atoms with van der Waals surface area (Å²) in [6.07, 6.45) is 10.9. The van der Waals surface area contributed by atoms with Gasteiger partial charge in [0.2, 0.25) is 0 Å². The molecule has 212 valence electrons. The molecular weight excluding hydrogens is 601 g/mol. The minimum absolute atomic E-state index is 0. The molecule has 1 saturated heterocycles. The van der Waals surface area contributed by atoms with E-state index in [0.29, 0.717) is 31.8 Å². The van der Waals surface area contributed by atoms with Gasteiger partial charge in [0.25, 0.3) is 5.91 Å². The van der Waals surface area contributed by atoms with Crippen LogP contribution < -0.4 is 10.2 Å². The van der Waals surface area contributed by atoms with Crippen LogP contribution in [-0.2, 0) is 17.8 Å². The first-order valence-electron chi connectivity index (χ1n) is 13.5. The van der Waals surface area contributed by atoms with Crippen LogP contribution in [-0.4, -0.2) is 43.3 Å². The molecule has 0 aliphatic carbocycles. The fourth-order valence-corrected chi connectivity index (χ4v) is 6.91. The number of amides is 1. The minimum atomic E-state index is -0.801. The van der Waals surface area contributed by atoms with Crippen molar-refractivity contribution in [2.24, 2.45) is 0 Å². The van der Waals surface area contributed by atoms with E-state index in [1.165, 1.54) is 36.3 Å². The lowest BCUT2D eigenvalue weighted by Crippen LogP contribution is -2.29. The van der Waals surface area contributed by atoms with Crippen LogP contribution in [0.25, 0.3) is 22.0 Å². The van der Waals surface area contributed by atoms with E-state index in [9.17, 15) is 4.79 Å². The van der Waals surface area contributed by atoms with Crippen LogP contribution in [0.5, 0.6) is 0 Å². The number of hydrogen-bond acceptors (Lipinski definition) is 6. The summed E-state index contributed by atoms with van der Waals surface area (Å²) in [7, 11) is 0. The predicted molar refractivity (Wildman–Crippen MR) is 168 cm³/mol. The largest absolute Gasteiger partial charge is 0.372 e. The summed E-state index contributed by atoms with van der Waals surface area (Å²) in [5.41, 5.74) is 5.27. The van der Waals surface area contributed by atoms with Crippen molar-refractivity contribution in [3.63, 3.8) is 0 Å². The van der Waals surface area contributed by atoms with Crippen molar-refractivity contribution in [2.45, 2.75) is 44.7 Å². The van der Waals surface area contributed by atoms with Gasteiger partial charge >= 0.3 is 0 Å². The van der Waals surface area contributed by atoms with Crippen molar-refractivity contribution >= 4 is 74.6 Å². The summed E-state index contributed by atoms with van der Waals surface area (Å²) < 4.78 is 3.74. The van der Waals surface area contributed by atoms with Gasteiger partial charge in [-0.1, -0.05) is 35.3 Å². The molecule has 0 saturated carbocycles. The van der Waals surface area contributed by atoms with Crippen LogP contribution in [0.15, 0.2) is 54.4 Å². The number of hydrogen-bond donors (Lipinski definition) is 1. The third-order valence-corrected chi connectivity index (χ3v) is 9.21. The zero-order valence-electron chi connectivity index (χ0n) is 22.1. The normalized spacial score (nSPS) is 15.5. The van der Waals surface area contributed by atoms with Crippen LogP contribution in [0.2, 0.25) is 10.0 Å². The Kier molecular flexibility index (Phi) is 7.96. The van der Waals surface area contributed by atoms with Gasteiger partial charge in [0.15, 0.2) is 11.2 Å². The van der Waals surface area contributed by atoms with Crippen LogP contribution >= 0.6 is 46.9 Å². The maximum absolute atomic E-state index is 13.7. The number of aryl methyl sites for hydroxylation is 1. The average Bonchev–Trinajstić information content (AvgIpc) is 3.78. The molecule has 1 N–H and O–H groups in total. The molecule has 41 heavy (non-hydrogen) atoms. The fourth-order valence-electron chi connectivity index (χ4n) is 5.83. The summed E-state index contributed by atoms with van der Waals surface area (Å²) in [6.45, 7) is 3.07. The van der Waals surface area contributed by atoms with Crippen molar-refractivity contribution in [3.05, 3.63) is 75.9 Å². The molecule has 2 aliphatic heterocycles. The number of thiazole rings is 1. The van der Waals surface area contributed by atoms with Crippen molar-refractivity contribution in [3.8, 4) is 11.1 Å². The average molecular weight is 629 g/mol. The number of rotatable bonds is 6. The molecule has 5 aromatic rings. The van der Waals surface area contributed by atoms with Gasteiger partial charge in [0, 0.05) is 59.7 Å². The SMILES string of the molecule is Cl.O=C(Nc1nccs1)C(c1ncn2c1CCC2)n1cc2c(Cl)cc(-c3ccc(N4CCCCC4)cc3)c(Cl)c2n1. The number of fused-ring (bicyclic) bond motifs is 2. The van der Waals surface area contributed by atoms with Gasteiger partial charge in [-0.25, -0.2) is 9.97 Å². The van der Waals surface area contributed by atoms with Gasteiger partial charge < -0.3 is 9.47 Å². The third-order valence-electron chi connectivity index (χ3n) is 7.83. The van der Waals surface area contributed by atoms with Crippen molar-refractivity contribution < 1.29 is 4.79 Å². The molecule has 1 atom stereocenters. The van der Waals surface area contributed by atoms with Crippen LogP contribution in [0.4, 0.5) is 10.8 Å².